The van der Waals surface area contributed by atoms with Crippen molar-refractivity contribution in [3.63, 3.8) is 0 Å². The molecule has 1 aromatic carbocycles. The first kappa shape index (κ1) is 21.1. The van der Waals surface area contributed by atoms with E-state index in [0.717, 1.165) is 12.8 Å². The van der Waals surface area contributed by atoms with Gasteiger partial charge < -0.3 is 18.9 Å². The van der Waals surface area contributed by atoms with Gasteiger partial charge in [0.05, 0.1) is 25.4 Å². The van der Waals surface area contributed by atoms with E-state index in [-0.39, 0.29) is 23.8 Å². The largest absolute Gasteiger partial charge is 0.493 e. The van der Waals surface area contributed by atoms with Crippen LogP contribution >= 0.6 is 0 Å². The van der Waals surface area contributed by atoms with Crippen LogP contribution in [0.3, 0.4) is 0 Å². The first-order valence-electron chi connectivity index (χ1n) is 9.41. The molecular weight excluding hydrogens is 396 g/mol. The molecular formula is C19H26N4O5S. The molecule has 3 rings (SSSR count). The average Bonchev–Trinajstić information content (AvgIpc) is 3.28. The number of nitrogens with zero attached hydrogens (tertiary/aromatic N) is 3. The molecule has 29 heavy (non-hydrogen) atoms. The number of hydrogen-bond acceptors (Lipinski definition) is 6. The van der Waals surface area contributed by atoms with Crippen LogP contribution in [0.4, 0.5) is 0 Å². The minimum Gasteiger partial charge on any atom is -0.493 e. The van der Waals surface area contributed by atoms with E-state index < -0.39 is 10.0 Å². The third-order valence-corrected chi connectivity index (χ3v) is 6.52. The number of methoxy groups -OCH3 is 2. The van der Waals surface area contributed by atoms with Crippen LogP contribution < -0.4 is 14.2 Å². The van der Waals surface area contributed by atoms with Gasteiger partial charge in [-0.15, -0.1) is 0 Å². The fourth-order valence-corrected chi connectivity index (χ4v) is 4.46. The predicted molar refractivity (Wildman–Crippen MR) is 106 cm³/mol. The van der Waals surface area contributed by atoms with Gasteiger partial charge >= 0.3 is 0 Å². The Morgan fingerprint density at radius 1 is 1.21 bits per heavy atom. The summed E-state index contributed by atoms with van der Waals surface area (Å²) in [7, 11) is -0.828. The number of sulfonamides is 1. The van der Waals surface area contributed by atoms with Gasteiger partial charge in [0.2, 0.25) is 15.9 Å². The second-order valence-corrected chi connectivity index (χ2v) is 8.55. The van der Waals surface area contributed by atoms with Gasteiger partial charge in [0.1, 0.15) is 0 Å². The summed E-state index contributed by atoms with van der Waals surface area (Å²) in [5.41, 5.74) is 0. The van der Waals surface area contributed by atoms with Gasteiger partial charge in [-0.05, 0) is 25.0 Å². The van der Waals surface area contributed by atoms with E-state index in [4.69, 9.17) is 9.47 Å². The SMILES string of the molecule is COc1ccc(S(=O)(=O)NCCC(=O)N2CCC(n3ccnc3)CC2)cc1OC. The van der Waals surface area contributed by atoms with Crippen molar-refractivity contribution in [3.8, 4) is 11.5 Å². The van der Waals surface area contributed by atoms with Gasteiger partial charge in [0.15, 0.2) is 11.5 Å². The number of nitrogens with one attached hydrogen (secondary N) is 1. The third-order valence-electron chi connectivity index (χ3n) is 5.06. The lowest BCUT2D eigenvalue weighted by molar-refractivity contribution is -0.132. The molecule has 1 N–H and O–H groups in total. The summed E-state index contributed by atoms with van der Waals surface area (Å²) in [4.78, 5) is 18.3. The first-order chi connectivity index (χ1) is 13.9. The summed E-state index contributed by atoms with van der Waals surface area (Å²) in [6, 6.07) is 4.71. The molecule has 0 spiro atoms. The molecule has 0 aliphatic carbocycles. The molecule has 158 valence electrons. The number of rotatable bonds is 8. The zero-order chi connectivity index (χ0) is 20.9. The smallest absolute Gasteiger partial charge is 0.240 e. The monoisotopic (exact) mass is 422 g/mol. The number of ether oxygens (including phenoxy) is 2. The van der Waals surface area contributed by atoms with Crippen LogP contribution in [0, 0.1) is 0 Å². The standard InChI is InChI=1S/C19H26N4O5S/c1-27-17-4-3-16(13-18(17)28-2)29(25,26)21-8-5-19(24)22-10-6-15(7-11-22)23-12-9-20-14-23/h3-4,9,12-15,21H,5-8,10-11H2,1-2H3. The lowest BCUT2D eigenvalue weighted by Crippen LogP contribution is -2.40. The quantitative estimate of drug-likeness (QED) is 0.690. The minimum absolute atomic E-state index is 0.0387. The number of carbonyl (C=O) groups excluding carboxylic acids is 1. The van der Waals surface area contributed by atoms with Crippen molar-refractivity contribution >= 4 is 15.9 Å². The average molecular weight is 423 g/mol. The molecule has 1 fully saturated rings. The minimum atomic E-state index is -3.75. The van der Waals surface area contributed by atoms with E-state index in [0.29, 0.717) is 30.6 Å². The molecule has 1 aliphatic rings. The van der Waals surface area contributed by atoms with E-state index >= 15 is 0 Å². The molecule has 0 radical (unpaired) electrons. The Kier molecular flexibility index (Phi) is 6.75. The Bertz CT molecular complexity index is 922. The predicted octanol–water partition coefficient (Wildman–Crippen LogP) is 1.43. The van der Waals surface area contributed by atoms with Crippen LogP contribution in [0.2, 0.25) is 0 Å². The fourth-order valence-electron chi connectivity index (χ4n) is 3.42. The van der Waals surface area contributed by atoms with Crippen molar-refractivity contribution in [3.05, 3.63) is 36.9 Å². The number of piperidine rings is 1. The molecule has 2 heterocycles. The number of carbonyl (C=O) groups is 1. The van der Waals surface area contributed by atoms with E-state index in [9.17, 15) is 13.2 Å². The Morgan fingerprint density at radius 3 is 2.55 bits per heavy atom. The maximum atomic E-state index is 12.5. The maximum absolute atomic E-state index is 12.5. The molecule has 0 saturated carbocycles. The van der Waals surface area contributed by atoms with Crippen molar-refractivity contribution < 1.29 is 22.7 Å². The highest BCUT2D eigenvalue weighted by Gasteiger charge is 2.24. The highest BCUT2D eigenvalue weighted by Crippen LogP contribution is 2.29. The second-order valence-electron chi connectivity index (χ2n) is 6.79. The van der Waals surface area contributed by atoms with Crippen LogP contribution in [-0.4, -0.2) is 62.6 Å². The summed E-state index contributed by atoms with van der Waals surface area (Å²) < 4.78 is 39.8. The van der Waals surface area contributed by atoms with Crippen molar-refractivity contribution in [2.45, 2.75) is 30.2 Å². The van der Waals surface area contributed by atoms with Gasteiger partial charge in [0, 0.05) is 50.6 Å². The number of aromatic nitrogens is 2. The molecule has 0 atom stereocenters. The van der Waals surface area contributed by atoms with Gasteiger partial charge in [0.25, 0.3) is 0 Å². The molecule has 1 aromatic heterocycles. The van der Waals surface area contributed by atoms with Gasteiger partial charge in [-0.3, -0.25) is 4.79 Å². The first-order valence-corrected chi connectivity index (χ1v) is 10.9. The Hall–Kier alpha value is -2.59. The van der Waals surface area contributed by atoms with Gasteiger partial charge in [-0.25, -0.2) is 18.1 Å². The molecule has 2 aromatic rings. The van der Waals surface area contributed by atoms with E-state index in [1.807, 2.05) is 6.20 Å². The third kappa shape index (κ3) is 5.07. The zero-order valence-electron chi connectivity index (χ0n) is 16.6. The Balaban J connectivity index is 1.49. The number of likely N-dealkylation sites (tertiary alicyclic amines) is 1. The molecule has 0 unspecified atom stereocenters. The van der Waals surface area contributed by atoms with Crippen LogP contribution in [-0.2, 0) is 14.8 Å². The lowest BCUT2D eigenvalue weighted by Gasteiger charge is -2.32. The Morgan fingerprint density at radius 2 is 1.93 bits per heavy atom. The maximum Gasteiger partial charge on any atom is 0.240 e. The fraction of sp³-hybridized carbons (Fsp3) is 0.474. The van der Waals surface area contributed by atoms with E-state index in [1.165, 1.54) is 32.4 Å². The lowest BCUT2D eigenvalue weighted by atomic mass is 10.0. The summed E-state index contributed by atoms with van der Waals surface area (Å²) in [5.74, 6) is 0.719. The van der Waals surface area contributed by atoms with Crippen molar-refractivity contribution in [2.24, 2.45) is 0 Å². The van der Waals surface area contributed by atoms with Crippen molar-refractivity contribution in [1.82, 2.24) is 19.2 Å². The molecule has 1 amide bonds. The van der Waals surface area contributed by atoms with Gasteiger partial charge in [-0.1, -0.05) is 0 Å². The highest BCUT2D eigenvalue weighted by molar-refractivity contribution is 7.89. The highest BCUT2D eigenvalue weighted by atomic mass is 32.2. The summed E-state index contributed by atoms with van der Waals surface area (Å²) in [6.07, 6.45) is 7.32. The summed E-state index contributed by atoms with van der Waals surface area (Å²) >= 11 is 0. The molecule has 9 nitrogen and oxygen atoms in total. The number of amides is 1. The van der Waals surface area contributed by atoms with Gasteiger partial charge in [-0.2, -0.15) is 0 Å². The number of benzene rings is 1. The topological polar surface area (TPSA) is 103 Å². The van der Waals surface area contributed by atoms with Crippen molar-refractivity contribution in [2.75, 3.05) is 33.9 Å². The second kappa shape index (κ2) is 9.27. The number of imidazole rings is 1. The molecule has 0 bridgehead atoms. The van der Waals surface area contributed by atoms with Crippen LogP contribution in [0.25, 0.3) is 0 Å². The van der Waals surface area contributed by atoms with Crippen LogP contribution in [0.1, 0.15) is 25.3 Å². The van der Waals surface area contributed by atoms with Crippen LogP contribution in [0.5, 0.6) is 11.5 Å². The molecule has 1 aliphatic heterocycles. The zero-order valence-corrected chi connectivity index (χ0v) is 17.4. The van der Waals surface area contributed by atoms with Crippen molar-refractivity contribution in [1.29, 1.82) is 0 Å². The molecule has 1 saturated heterocycles. The molecule has 10 heteroatoms. The summed E-state index contributed by atoms with van der Waals surface area (Å²) in [6.45, 7) is 1.35. The van der Waals surface area contributed by atoms with E-state index in [2.05, 4.69) is 14.3 Å². The summed E-state index contributed by atoms with van der Waals surface area (Å²) in [5, 5.41) is 0. The number of hydrogen-bond donors (Lipinski definition) is 1. The van der Waals surface area contributed by atoms with Crippen LogP contribution in [0.15, 0.2) is 41.8 Å². The normalized spacial score (nSPS) is 15.3. The van der Waals surface area contributed by atoms with E-state index in [1.54, 1.807) is 17.4 Å². The Labute approximate surface area is 170 Å².